The predicted molar refractivity (Wildman–Crippen MR) is 73.6 cm³/mol. The molecule has 6 heteroatoms. The summed E-state index contributed by atoms with van der Waals surface area (Å²) in [6.45, 7) is 3.18. The SMILES string of the molecule is CCC(N)c1nnc(-c2cccc3c2OCCO3)s1. The Bertz CT molecular complexity index is 585. The fourth-order valence-corrected chi connectivity index (χ4v) is 2.86. The zero-order valence-electron chi connectivity index (χ0n) is 10.6. The number of nitrogens with two attached hydrogens (primary N) is 1. The number of rotatable bonds is 3. The quantitative estimate of drug-likeness (QED) is 0.932. The Hall–Kier alpha value is -1.66. The van der Waals surface area contributed by atoms with E-state index >= 15 is 0 Å². The molecule has 0 fully saturated rings. The van der Waals surface area contributed by atoms with Crippen molar-refractivity contribution in [3.63, 3.8) is 0 Å². The molecule has 0 saturated carbocycles. The van der Waals surface area contributed by atoms with Crippen LogP contribution in [0.3, 0.4) is 0 Å². The highest BCUT2D eigenvalue weighted by Gasteiger charge is 2.20. The lowest BCUT2D eigenvalue weighted by Crippen LogP contribution is -2.15. The molecular weight excluding hydrogens is 262 g/mol. The van der Waals surface area contributed by atoms with Crippen LogP contribution in [0.2, 0.25) is 0 Å². The van der Waals surface area contributed by atoms with Crippen LogP contribution in [0.25, 0.3) is 10.6 Å². The number of fused-ring (bicyclic) bond motifs is 1. The average Bonchev–Trinajstić information content (AvgIpc) is 2.95. The molecule has 2 heterocycles. The zero-order valence-corrected chi connectivity index (χ0v) is 11.4. The fourth-order valence-electron chi connectivity index (χ4n) is 1.91. The number of benzene rings is 1. The Morgan fingerprint density at radius 2 is 2.16 bits per heavy atom. The van der Waals surface area contributed by atoms with E-state index in [1.54, 1.807) is 0 Å². The van der Waals surface area contributed by atoms with Crippen molar-refractivity contribution in [1.82, 2.24) is 10.2 Å². The molecule has 0 bridgehead atoms. The monoisotopic (exact) mass is 277 g/mol. The molecule has 0 aliphatic carbocycles. The van der Waals surface area contributed by atoms with E-state index in [2.05, 4.69) is 10.2 Å². The molecule has 19 heavy (non-hydrogen) atoms. The van der Waals surface area contributed by atoms with Crippen LogP contribution in [-0.4, -0.2) is 23.4 Å². The third kappa shape index (κ3) is 2.29. The molecule has 0 radical (unpaired) electrons. The average molecular weight is 277 g/mol. The maximum Gasteiger partial charge on any atom is 0.171 e. The first-order valence-electron chi connectivity index (χ1n) is 6.27. The Labute approximate surface area is 115 Å². The molecule has 100 valence electrons. The highest BCUT2D eigenvalue weighted by atomic mass is 32.1. The van der Waals surface area contributed by atoms with E-state index in [0.717, 1.165) is 33.5 Å². The predicted octanol–water partition coefficient (Wildman–Crippen LogP) is 2.39. The standard InChI is InChI=1S/C13H15N3O2S/c1-2-9(14)13-16-15-12(19-13)8-4-3-5-10-11(8)18-7-6-17-10/h3-5,9H,2,6-7,14H2,1H3. The summed E-state index contributed by atoms with van der Waals surface area (Å²) in [5, 5.41) is 10.1. The first kappa shape index (κ1) is 12.4. The minimum atomic E-state index is -0.0528. The summed E-state index contributed by atoms with van der Waals surface area (Å²) in [6.07, 6.45) is 0.848. The fraction of sp³-hybridized carbons (Fsp3) is 0.385. The summed E-state index contributed by atoms with van der Waals surface area (Å²) >= 11 is 1.51. The maximum atomic E-state index is 5.98. The molecule has 5 nitrogen and oxygen atoms in total. The molecule has 1 unspecified atom stereocenters. The number of hydrogen-bond donors (Lipinski definition) is 1. The smallest absolute Gasteiger partial charge is 0.171 e. The van der Waals surface area contributed by atoms with Crippen molar-refractivity contribution in [3.8, 4) is 22.1 Å². The number of para-hydroxylation sites is 1. The van der Waals surface area contributed by atoms with E-state index in [9.17, 15) is 0 Å². The second kappa shape index (κ2) is 5.14. The van der Waals surface area contributed by atoms with E-state index in [1.807, 2.05) is 25.1 Å². The van der Waals surface area contributed by atoms with Crippen molar-refractivity contribution in [2.24, 2.45) is 5.73 Å². The Balaban J connectivity index is 2.00. The van der Waals surface area contributed by atoms with E-state index in [1.165, 1.54) is 11.3 Å². The molecule has 2 N–H and O–H groups in total. The molecular formula is C13H15N3O2S. The van der Waals surface area contributed by atoms with Gasteiger partial charge in [0.05, 0.1) is 11.6 Å². The lowest BCUT2D eigenvalue weighted by Gasteiger charge is -2.19. The van der Waals surface area contributed by atoms with Crippen molar-refractivity contribution in [3.05, 3.63) is 23.2 Å². The topological polar surface area (TPSA) is 70.3 Å². The van der Waals surface area contributed by atoms with Crippen LogP contribution in [0, 0.1) is 0 Å². The van der Waals surface area contributed by atoms with Gasteiger partial charge in [-0.1, -0.05) is 24.3 Å². The molecule has 2 aromatic rings. The summed E-state index contributed by atoms with van der Waals surface area (Å²) in [4.78, 5) is 0. The van der Waals surface area contributed by atoms with E-state index in [-0.39, 0.29) is 6.04 Å². The summed E-state index contributed by atoms with van der Waals surface area (Å²) in [5.41, 5.74) is 6.90. The van der Waals surface area contributed by atoms with Gasteiger partial charge in [0.15, 0.2) is 16.5 Å². The Kier molecular flexibility index (Phi) is 3.35. The third-order valence-electron chi connectivity index (χ3n) is 2.99. The van der Waals surface area contributed by atoms with Gasteiger partial charge in [-0.25, -0.2) is 0 Å². The van der Waals surface area contributed by atoms with Gasteiger partial charge < -0.3 is 15.2 Å². The first-order valence-corrected chi connectivity index (χ1v) is 7.09. The van der Waals surface area contributed by atoms with Crippen LogP contribution in [0.5, 0.6) is 11.5 Å². The van der Waals surface area contributed by atoms with E-state index in [0.29, 0.717) is 13.2 Å². The minimum absolute atomic E-state index is 0.0528. The minimum Gasteiger partial charge on any atom is -0.486 e. The van der Waals surface area contributed by atoms with Crippen LogP contribution in [0.4, 0.5) is 0 Å². The maximum absolute atomic E-state index is 5.98. The summed E-state index contributed by atoms with van der Waals surface area (Å²) in [7, 11) is 0. The van der Waals surface area contributed by atoms with Gasteiger partial charge in [-0.2, -0.15) is 0 Å². The highest BCUT2D eigenvalue weighted by Crippen LogP contribution is 2.41. The van der Waals surface area contributed by atoms with Crippen molar-refractivity contribution in [2.75, 3.05) is 13.2 Å². The number of nitrogens with zero attached hydrogens (tertiary/aromatic N) is 2. The Morgan fingerprint density at radius 1 is 1.32 bits per heavy atom. The van der Waals surface area contributed by atoms with Crippen LogP contribution in [-0.2, 0) is 0 Å². The van der Waals surface area contributed by atoms with Crippen molar-refractivity contribution in [2.45, 2.75) is 19.4 Å². The number of hydrogen-bond acceptors (Lipinski definition) is 6. The van der Waals surface area contributed by atoms with Gasteiger partial charge in [0, 0.05) is 0 Å². The van der Waals surface area contributed by atoms with Gasteiger partial charge in [-0.05, 0) is 18.6 Å². The molecule has 1 aromatic carbocycles. The van der Waals surface area contributed by atoms with Gasteiger partial charge in [0.1, 0.15) is 18.2 Å². The second-order valence-electron chi connectivity index (χ2n) is 4.29. The highest BCUT2D eigenvalue weighted by molar-refractivity contribution is 7.14. The van der Waals surface area contributed by atoms with E-state index in [4.69, 9.17) is 15.2 Å². The number of aromatic nitrogens is 2. The van der Waals surface area contributed by atoms with Gasteiger partial charge in [-0.3, -0.25) is 0 Å². The van der Waals surface area contributed by atoms with Crippen LogP contribution in [0.15, 0.2) is 18.2 Å². The lowest BCUT2D eigenvalue weighted by molar-refractivity contribution is 0.172. The van der Waals surface area contributed by atoms with Gasteiger partial charge in [0.25, 0.3) is 0 Å². The molecule has 3 rings (SSSR count). The second-order valence-corrected chi connectivity index (χ2v) is 5.30. The van der Waals surface area contributed by atoms with Gasteiger partial charge >= 0.3 is 0 Å². The molecule has 1 aromatic heterocycles. The third-order valence-corrected chi connectivity index (χ3v) is 4.08. The molecule has 0 spiro atoms. The van der Waals surface area contributed by atoms with E-state index < -0.39 is 0 Å². The van der Waals surface area contributed by atoms with Crippen LogP contribution in [0.1, 0.15) is 24.4 Å². The van der Waals surface area contributed by atoms with Crippen molar-refractivity contribution >= 4 is 11.3 Å². The molecule has 1 aliphatic heterocycles. The largest absolute Gasteiger partial charge is 0.486 e. The van der Waals surface area contributed by atoms with Crippen molar-refractivity contribution < 1.29 is 9.47 Å². The molecule has 0 amide bonds. The molecule has 1 atom stereocenters. The van der Waals surface area contributed by atoms with Crippen molar-refractivity contribution in [1.29, 1.82) is 0 Å². The summed E-state index contributed by atoms with van der Waals surface area (Å²) < 4.78 is 11.3. The van der Waals surface area contributed by atoms with Gasteiger partial charge in [-0.15, -0.1) is 10.2 Å². The molecule has 0 saturated heterocycles. The summed E-state index contributed by atoms with van der Waals surface area (Å²) in [6, 6.07) is 5.75. The normalized spacial score (nSPS) is 15.3. The summed E-state index contributed by atoms with van der Waals surface area (Å²) in [5.74, 6) is 1.52. The number of ether oxygens (including phenoxy) is 2. The molecule has 1 aliphatic rings. The van der Waals surface area contributed by atoms with Gasteiger partial charge in [0.2, 0.25) is 0 Å². The van der Waals surface area contributed by atoms with Crippen LogP contribution >= 0.6 is 11.3 Å². The van der Waals surface area contributed by atoms with Crippen LogP contribution < -0.4 is 15.2 Å². The Morgan fingerprint density at radius 3 is 3.00 bits per heavy atom. The lowest BCUT2D eigenvalue weighted by atomic mass is 10.2. The first-order chi connectivity index (χ1) is 9.29. The zero-order chi connectivity index (χ0) is 13.2.